The van der Waals surface area contributed by atoms with Crippen LogP contribution in [0, 0.1) is 11.3 Å². The zero-order chi connectivity index (χ0) is 52.2. The van der Waals surface area contributed by atoms with Gasteiger partial charge in [0.2, 0.25) is 17.6 Å². The molecule has 0 aliphatic carbocycles. The largest absolute Gasteiger partial charge is 0.508 e. The molecule has 1 saturated heterocycles. The Kier molecular flexibility index (Phi) is 21.7. The van der Waals surface area contributed by atoms with Crippen molar-refractivity contribution in [1.29, 1.82) is 0 Å². The maximum atomic E-state index is 14.8. The van der Waals surface area contributed by atoms with Crippen LogP contribution in [0.25, 0.3) is 33.3 Å². The van der Waals surface area contributed by atoms with E-state index in [2.05, 4.69) is 102 Å². The Morgan fingerprint density at radius 2 is 1.69 bits per heavy atom. The second kappa shape index (κ2) is 26.3. The van der Waals surface area contributed by atoms with Crippen molar-refractivity contribution in [1.82, 2.24) is 44.6 Å². The summed E-state index contributed by atoms with van der Waals surface area (Å²) in [7, 11) is 11.0. The van der Waals surface area contributed by atoms with Gasteiger partial charge in [0.15, 0.2) is 0 Å². The summed E-state index contributed by atoms with van der Waals surface area (Å²) in [6, 6.07) is 16.9. The van der Waals surface area contributed by atoms with Gasteiger partial charge in [-0.05, 0) is 112 Å². The normalized spacial score (nSPS) is 17.2. The van der Waals surface area contributed by atoms with Crippen LogP contribution in [-0.4, -0.2) is 142 Å². The summed E-state index contributed by atoms with van der Waals surface area (Å²) >= 11 is 0. The number of carbonyl (C=O) groups is 5. The van der Waals surface area contributed by atoms with Crippen molar-refractivity contribution in [2.45, 2.75) is 91.5 Å². The van der Waals surface area contributed by atoms with Gasteiger partial charge in [0, 0.05) is 74.7 Å². The third-order valence-electron chi connectivity index (χ3n) is 13.4. The number of hydrogen-bond donors (Lipinski definition) is 4. The molecule has 1 fully saturated rings. The van der Waals surface area contributed by atoms with Gasteiger partial charge in [-0.25, -0.2) is 10.4 Å². The molecular weight excluding hydrogens is 1010 g/mol. The molecule has 2 aliphatic heterocycles. The molecule has 3 aromatic carbocycles. The summed E-state index contributed by atoms with van der Waals surface area (Å²) in [5.74, 6) is -2.70. The van der Waals surface area contributed by atoms with Gasteiger partial charge in [0.1, 0.15) is 29.7 Å². The van der Waals surface area contributed by atoms with Gasteiger partial charge >= 0.3 is 5.97 Å². The summed E-state index contributed by atoms with van der Waals surface area (Å²) in [5, 5.41) is 19.5. The lowest BCUT2D eigenvalue weighted by molar-refractivity contribution is -0.155. The Hall–Kier alpha value is -5.77. The highest BCUT2D eigenvalue weighted by molar-refractivity contribution is 7.59. The minimum absolute atomic E-state index is 0. The highest BCUT2D eigenvalue weighted by atomic mass is 32.1. The highest BCUT2D eigenvalue weighted by Gasteiger charge is 2.38. The Morgan fingerprint density at radius 3 is 2.37 bits per heavy atom. The average molecular weight is 1090 g/mol. The second-order valence-electron chi connectivity index (χ2n) is 20.9. The number of anilines is 1. The molecule has 3 atom stereocenters. The zero-order valence-electron chi connectivity index (χ0n) is 45.2. The molecule has 17 nitrogen and oxygen atoms in total. The Labute approximate surface area is 462 Å². The number of aromatic hydroxyl groups is 1. The molecule has 4 heterocycles. The SMILES string of the molecule is CCn1c(-c2ccccc2CN(C)C)c2c3cc(ccc31)-c1cc(O)cc(c1)C[C@H](NC(=O)[C@H](C(C)C)N(C)C(=O)c1ncc(NC(=O)/C=C/CN(C)C)n1C)C(=O)N1CCC[C@H](N1)C(=O)OCC(C)(C)C2.S.S.S. The van der Waals surface area contributed by atoms with Crippen LogP contribution < -0.4 is 16.1 Å². The molecule has 2 aromatic heterocycles. The van der Waals surface area contributed by atoms with Crippen molar-refractivity contribution < 1.29 is 33.8 Å². The third-order valence-corrected chi connectivity index (χ3v) is 13.4. The van der Waals surface area contributed by atoms with E-state index in [9.17, 15) is 29.1 Å². The summed E-state index contributed by atoms with van der Waals surface area (Å²) in [4.78, 5) is 80.0. The first-order chi connectivity index (χ1) is 34.2. The Morgan fingerprint density at radius 1 is 0.973 bits per heavy atom. The first-order valence-corrected chi connectivity index (χ1v) is 24.8. The predicted molar refractivity (Wildman–Crippen MR) is 311 cm³/mol. The zero-order valence-corrected chi connectivity index (χ0v) is 48.2. The summed E-state index contributed by atoms with van der Waals surface area (Å²) in [6.45, 7) is 12.3. The Bertz CT molecular complexity index is 2880. The monoisotopic (exact) mass is 1090 g/mol. The molecular formula is C55H78N10O7S3. The number of imidazole rings is 1. The first kappa shape index (κ1) is 61.8. The minimum Gasteiger partial charge on any atom is -0.508 e. The van der Waals surface area contributed by atoms with Crippen molar-refractivity contribution in [3.8, 4) is 28.1 Å². The van der Waals surface area contributed by atoms with Crippen LogP contribution in [0.2, 0.25) is 0 Å². The number of benzene rings is 3. The van der Waals surface area contributed by atoms with E-state index in [0.717, 1.165) is 45.4 Å². The summed E-state index contributed by atoms with van der Waals surface area (Å²) in [6.07, 6.45) is 5.98. The van der Waals surface area contributed by atoms with E-state index in [1.165, 1.54) is 39.4 Å². The van der Waals surface area contributed by atoms with Crippen LogP contribution >= 0.6 is 40.5 Å². The van der Waals surface area contributed by atoms with Gasteiger partial charge in [-0.15, -0.1) is 0 Å². The number of hydrazine groups is 1. The van der Waals surface area contributed by atoms with E-state index < -0.39 is 53.1 Å². The molecule has 0 saturated carbocycles. The quantitative estimate of drug-likeness (QED) is 0.0763. The Balaban J connectivity index is 0.00000406. The molecule has 2 aliphatic rings. The number of phenols is 1. The van der Waals surface area contributed by atoms with E-state index in [1.807, 2.05) is 31.1 Å². The fourth-order valence-corrected chi connectivity index (χ4v) is 9.97. The summed E-state index contributed by atoms with van der Waals surface area (Å²) in [5.41, 5.74) is 10.4. The van der Waals surface area contributed by atoms with Crippen LogP contribution in [0.5, 0.6) is 5.75 Å². The molecule has 20 heteroatoms. The minimum atomic E-state index is -1.20. The lowest BCUT2D eigenvalue weighted by Crippen LogP contribution is -2.62. The van der Waals surface area contributed by atoms with Gasteiger partial charge in [-0.2, -0.15) is 40.5 Å². The van der Waals surface area contributed by atoms with E-state index in [0.29, 0.717) is 37.9 Å². The number of nitrogens with one attached hydrogen (secondary N) is 3. The van der Waals surface area contributed by atoms with E-state index >= 15 is 0 Å². The van der Waals surface area contributed by atoms with Gasteiger partial charge in [0.25, 0.3) is 11.8 Å². The number of esters is 1. The van der Waals surface area contributed by atoms with Crippen LogP contribution in [0.4, 0.5) is 5.82 Å². The van der Waals surface area contributed by atoms with Crippen LogP contribution in [0.1, 0.15) is 74.8 Å². The van der Waals surface area contributed by atoms with Crippen molar-refractivity contribution in [3.05, 3.63) is 102 Å². The van der Waals surface area contributed by atoms with Crippen molar-refractivity contribution >= 4 is 86.8 Å². The number of carbonyl (C=O) groups excluding carboxylic acids is 5. The molecule has 0 radical (unpaired) electrons. The van der Waals surface area contributed by atoms with Crippen LogP contribution in [0.15, 0.2) is 79.0 Å². The number of nitrogens with zero attached hydrogens (tertiary/aromatic N) is 7. The van der Waals surface area contributed by atoms with Gasteiger partial charge < -0.3 is 44.3 Å². The number of phenolic OH excluding ortho intramolecular Hbond substituents is 1. The number of aromatic nitrogens is 3. The predicted octanol–water partition coefficient (Wildman–Crippen LogP) is 6.34. The topological polar surface area (TPSA) is 187 Å². The first-order valence-electron chi connectivity index (χ1n) is 24.8. The van der Waals surface area contributed by atoms with Crippen molar-refractivity contribution in [3.63, 3.8) is 0 Å². The number of rotatable bonds is 13. The molecule has 7 rings (SSSR count). The second-order valence-corrected chi connectivity index (χ2v) is 20.9. The number of hydrogen-bond acceptors (Lipinski definition) is 11. The molecule has 4 amide bonds. The maximum absolute atomic E-state index is 14.8. The third kappa shape index (κ3) is 14.4. The van der Waals surface area contributed by atoms with Crippen LogP contribution in [0.3, 0.4) is 0 Å². The molecule has 0 unspecified atom stereocenters. The van der Waals surface area contributed by atoms with Gasteiger partial charge in [-0.1, -0.05) is 70.2 Å². The highest BCUT2D eigenvalue weighted by Crippen LogP contribution is 2.42. The fourth-order valence-electron chi connectivity index (χ4n) is 9.97. The van der Waals surface area contributed by atoms with Crippen LogP contribution in [-0.2, 0) is 56.9 Å². The number of amides is 4. The average Bonchev–Trinajstić information content (AvgIpc) is 3.83. The molecule has 5 aromatic rings. The van der Waals surface area contributed by atoms with Crippen molar-refractivity contribution in [2.75, 3.05) is 60.3 Å². The lowest BCUT2D eigenvalue weighted by atomic mass is 9.84. The number of fused-ring (bicyclic) bond motifs is 6. The van der Waals surface area contributed by atoms with E-state index in [-0.39, 0.29) is 83.4 Å². The number of likely N-dealkylation sites (N-methyl/N-ethyl adjacent to an activating group) is 2. The molecule has 0 spiro atoms. The summed E-state index contributed by atoms with van der Waals surface area (Å²) < 4.78 is 9.95. The number of ether oxygens (including phenoxy) is 1. The molecule has 75 heavy (non-hydrogen) atoms. The number of aryl methyl sites for hydroxylation is 1. The fraction of sp³-hybridized carbons (Fsp3) is 0.455. The van der Waals surface area contributed by atoms with Crippen molar-refractivity contribution in [2.24, 2.45) is 18.4 Å². The van der Waals surface area contributed by atoms with E-state index in [4.69, 9.17) is 4.74 Å². The van der Waals surface area contributed by atoms with E-state index in [1.54, 1.807) is 39.1 Å². The smallest absolute Gasteiger partial charge is 0.324 e. The standard InChI is InChI=1S/C55H72N10O7.3H2S/c1-12-64-45-22-21-36-29-41(45)42(49(64)40-18-14-13-17-37(40)32-61(8)9)30-55(4,5)33-72-54(71)43-19-15-24-65(59-43)52(69)44(27-35-25-38(36)28-39(66)26-35)57-51(68)48(34(2)3)63(11)53(70)50-56-31-46(62(50)10)58-47(67)20-16-23-60(6)7;;;/h13-14,16-18,20-22,25-26,28-29,31,34,43-44,48,59,66H,12,15,19,23-24,27,30,32-33H2,1-11H3,(H,57,68)(H,58,67);3*1H2/b20-16+;;;/t43-,44-,48-;;;/m0.../s1. The lowest BCUT2D eigenvalue weighted by Gasteiger charge is -2.36. The maximum Gasteiger partial charge on any atom is 0.324 e. The molecule has 6 bridgehead atoms. The molecule has 4 N–H and O–H groups in total. The molecule has 408 valence electrons. The van der Waals surface area contributed by atoms with Gasteiger partial charge in [0.05, 0.1) is 18.5 Å². The van der Waals surface area contributed by atoms with Gasteiger partial charge in [-0.3, -0.25) is 29.0 Å². The number of cyclic esters (lactones) is 1.